The standard InChI is InChI=1S/C27H24FN5O2/c1-35-27-31-25-21(26(32-27)33-14-18-10-11-19(15-33)30-18)13-29-24(23(25)28)20-9-3-7-16-5-2-6-17(22(16)20)8-4-12-34/h2-3,5-7,9,13,18-19,30,34H,10-12,14-15H2,1H3. The number of halogens is 1. The first-order valence-corrected chi connectivity index (χ1v) is 11.7. The summed E-state index contributed by atoms with van der Waals surface area (Å²) in [6.45, 7) is 1.34. The number of rotatable bonds is 3. The number of hydrogen-bond acceptors (Lipinski definition) is 7. The lowest BCUT2D eigenvalue weighted by Gasteiger charge is -2.34. The summed E-state index contributed by atoms with van der Waals surface area (Å²) in [5.41, 5.74) is 1.68. The van der Waals surface area contributed by atoms with E-state index in [4.69, 9.17) is 4.74 Å². The van der Waals surface area contributed by atoms with Crippen LogP contribution in [0.25, 0.3) is 32.9 Å². The zero-order chi connectivity index (χ0) is 23.9. The number of nitrogens with zero attached hydrogens (tertiary/aromatic N) is 4. The minimum absolute atomic E-state index is 0.127. The summed E-state index contributed by atoms with van der Waals surface area (Å²) in [6, 6.07) is 12.3. The number of fused-ring (bicyclic) bond motifs is 4. The Balaban J connectivity index is 1.55. The van der Waals surface area contributed by atoms with E-state index in [2.05, 4.69) is 37.0 Å². The van der Waals surface area contributed by atoms with E-state index in [0.29, 0.717) is 34.4 Å². The molecule has 4 heterocycles. The molecule has 2 bridgehead atoms. The van der Waals surface area contributed by atoms with Gasteiger partial charge in [-0.2, -0.15) is 9.97 Å². The fraction of sp³-hybridized carbons (Fsp3) is 0.296. The minimum atomic E-state index is -0.528. The van der Waals surface area contributed by atoms with Crippen LogP contribution in [-0.4, -0.2) is 58.9 Å². The molecule has 2 aliphatic heterocycles. The van der Waals surface area contributed by atoms with E-state index in [1.165, 1.54) is 7.11 Å². The number of methoxy groups -OCH3 is 1. The molecule has 2 N–H and O–H groups in total. The second-order valence-electron chi connectivity index (χ2n) is 8.93. The molecule has 0 aliphatic carbocycles. The molecule has 2 fully saturated rings. The number of aliphatic hydroxyl groups is 1. The molecule has 2 unspecified atom stereocenters. The third kappa shape index (κ3) is 3.73. The van der Waals surface area contributed by atoms with E-state index < -0.39 is 5.82 Å². The number of aromatic nitrogens is 3. The molecule has 0 amide bonds. The lowest BCUT2D eigenvalue weighted by atomic mass is 9.96. The number of benzene rings is 2. The summed E-state index contributed by atoms with van der Waals surface area (Å²) < 4.78 is 21.5. The van der Waals surface area contributed by atoms with Gasteiger partial charge >= 0.3 is 6.01 Å². The normalized spacial score (nSPS) is 19.1. The van der Waals surface area contributed by atoms with Crippen LogP contribution in [0.5, 0.6) is 6.01 Å². The number of nitrogens with one attached hydrogen (secondary N) is 1. The highest BCUT2D eigenvalue weighted by Gasteiger charge is 2.34. The van der Waals surface area contributed by atoms with Crippen LogP contribution in [0.1, 0.15) is 18.4 Å². The van der Waals surface area contributed by atoms with Gasteiger partial charge in [-0.05, 0) is 24.3 Å². The summed E-state index contributed by atoms with van der Waals surface area (Å²) in [6.07, 6.45) is 3.91. The highest BCUT2D eigenvalue weighted by molar-refractivity contribution is 6.02. The number of ether oxygens (including phenoxy) is 1. The molecule has 2 atom stereocenters. The molecule has 4 aromatic rings. The second kappa shape index (κ2) is 8.77. The highest BCUT2D eigenvalue weighted by Crippen LogP contribution is 2.36. The van der Waals surface area contributed by atoms with Crippen molar-refractivity contribution in [2.24, 2.45) is 0 Å². The highest BCUT2D eigenvalue weighted by atomic mass is 19.1. The maximum atomic E-state index is 16.2. The maximum Gasteiger partial charge on any atom is 0.318 e. The molecule has 35 heavy (non-hydrogen) atoms. The Morgan fingerprint density at radius 1 is 1.14 bits per heavy atom. The quantitative estimate of drug-likeness (QED) is 0.446. The first-order chi connectivity index (χ1) is 17.2. The zero-order valence-electron chi connectivity index (χ0n) is 19.3. The summed E-state index contributed by atoms with van der Waals surface area (Å²) in [5.74, 6) is 5.80. The van der Waals surface area contributed by atoms with Gasteiger partial charge in [0.05, 0.1) is 12.5 Å². The van der Waals surface area contributed by atoms with Crippen molar-refractivity contribution in [3.8, 4) is 29.1 Å². The van der Waals surface area contributed by atoms with Crippen molar-refractivity contribution in [3.63, 3.8) is 0 Å². The van der Waals surface area contributed by atoms with Crippen LogP contribution in [0.3, 0.4) is 0 Å². The lowest BCUT2D eigenvalue weighted by molar-refractivity contribution is 0.350. The van der Waals surface area contributed by atoms with E-state index in [-0.39, 0.29) is 23.8 Å². The lowest BCUT2D eigenvalue weighted by Crippen LogP contribution is -2.51. The average Bonchev–Trinajstić information content (AvgIpc) is 3.24. The Morgan fingerprint density at radius 2 is 1.91 bits per heavy atom. The summed E-state index contributed by atoms with van der Waals surface area (Å²) in [4.78, 5) is 15.8. The fourth-order valence-electron chi connectivity index (χ4n) is 5.29. The van der Waals surface area contributed by atoms with Crippen molar-refractivity contribution in [3.05, 3.63) is 54.0 Å². The van der Waals surface area contributed by atoms with Gasteiger partial charge in [-0.25, -0.2) is 4.39 Å². The van der Waals surface area contributed by atoms with E-state index in [0.717, 1.165) is 36.7 Å². The second-order valence-corrected chi connectivity index (χ2v) is 8.93. The Bertz CT molecular complexity index is 1500. The Kier molecular flexibility index (Phi) is 5.44. The Morgan fingerprint density at radius 3 is 2.66 bits per heavy atom. The molecule has 0 spiro atoms. The topological polar surface area (TPSA) is 83.4 Å². The van der Waals surface area contributed by atoms with Gasteiger partial charge in [0.15, 0.2) is 5.82 Å². The third-order valence-corrected chi connectivity index (χ3v) is 6.80. The van der Waals surface area contributed by atoms with Crippen LogP contribution in [0.4, 0.5) is 10.2 Å². The zero-order valence-corrected chi connectivity index (χ0v) is 19.3. The first-order valence-electron chi connectivity index (χ1n) is 11.7. The van der Waals surface area contributed by atoms with E-state index in [1.54, 1.807) is 6.20 Å². The van der Waals surface area contributed by atoms with Gasteiger partial charge in [0.1, 0.15) is 23.6 Å². The van der Waals surface area contributed by atoms with Crippen LogP contribution in [0, 0.1) is 17.7 Å². The van der Waals surface area contributed by atoms with Crippen LogP contribution >= 0.6 is 0 Å². The van der Waals surface area contributed by atoms with E-state index in [9.17, 15) is 5.11 Å². The van der Waals surface area contributed by atoms with Crippen molar-refractivity contribution in [1.82, 2.24) is 20.3 Å². The molecule has 0 saturated carbocycles. The molecule has 2 aromatic carbocycles. The third-order valence-electron chi connectivity index (χ3n) is 6.80. The number of piperazine rings is 1. The van der Waals surface area contributed by atoms with Gasteiger partial charge in [0.2, 0.25) is 0 Å². The molecule has 2 aromatic heterocycles. The summed E-state index contributed by atoms with van der Waals surface area (Å²) in [7, 11) is 1.49. The first kappa shape index (κ1) is 21.7. The van der Waals surface area contributed by atoms with Gasteiger partial charge in [-0.15, -0.1) is 0 Å². The monoisotopic (exact) mass is 469 g/mol. The predicted octanol–water partition coefficient (Wildman–Crippen LogP) is 3.28. The molecule has 7 nitrogen and oxygen atoms in total. The molecule has 176 valence electrons. The molecule has 6 rings (SSSR count). The van der Waals surface area contributed by atoms with Gasteiger partial charge in [-0.3, -0.25) is 4.98 Å². The van der Waals surface area contributed by atoms with Gasteiger partial charge in [0, 0.05) is 47.9 Å². The average molecular weight is 470 g/mol. The summed E-state index contributed by atoms with van der Waals surface area (Å²) in [5, 5.41) is 15.1. The van der Waals surface area contributed by atoms with Crippen LogP contribution in [0.2, 0.25) is 0 Å². The number of anilines is 1. The maximum absolute atomic E-state index is 16.2. The van der Waals surface area contributed by atoms with Gasteiger partial charge in [-0.1, -0.05) is 42.2 Å². The largest absolute Gasteiger partial charge is 0.467 e. The van der Waals surface area contributed by atoms with Crippen molar-refractivity contribution >= 4 is 27.5 Å². The van der Waals surface area contributed by atoms with Crippen molar-refractivity contribution in [2.45, 2.75) is 24.9 Å². The van der Waals surface area contributed by atoms with Crippen molar-refractivity contribution in [2.75, 3.05) is 31.7 Å². The van der Waals surface area contributed by atoms with Crippen LogP contribution in [0.15, 0.2) is 42.6 Å². The van der Waals surface area contributed by atoms with E-state index in [1.807, 2.05) is 36.4 Å². The fourth-order valence-corrected chi connectivity index (χ4v) is 5.29. The Hall–Kier alpha value is -3.80. The molecule has 2 saturated heterocycles. The molecule has 2 aliphatic rings. The van der Waals surface area contributed by atoms with E-state index >= 15 is 4.39 Å². The molecular weight excluding hydrogens is 445 g/mol. The van der Waals surface area contributed by atoms with Gasteiger partial charge in [0.25, 0.3) is 0 Å². The molecular formula is C27H24FN5O2. The van der Waals surface area contributed by atoms with Crippen molar-refractivity contribution in [1.29, 1.82) is 0 Å². The minimum Gasteiger partial charge on any atom is -0.467 e. The van der Waals surface area contributed by atoms with Crippen LogP contribution < -0.4 is 15.0 Å². The SMILES string of the molecule is COc1nc(N2CC3CCC(C2)N3)c2cnc(-c3cccc4cccc(C#CCO)c34)c(F)c2n1. The number of hydrogen-bond donors (Lipinski definition) is 2. The molecule has 8 heteroatoms. The molecule has 0 radical (unpaired) electrons. The predicted molar refractivity (Wildman–Crippen MR) is 133 cm³/mol. The van der Waals surface area contributed by atoms with Gasteiger partial charge < -0.3 is 20.1 Å². The smallest absolute Gasteiger partial charge is 0.318 e. The van der Waals surface area contributed by atoms with Crippen molar-refractivity contribution < 1.29 is 14.2 Å². The number of pyridine rings is 1. The summed E-state index contributed by atoms with van der Waals surface area (Å²) >= 11 is 0. The Labute approximate surface area is 202 Å². The van der Waals surface area contributed by atoms with Crippen LogP contribution in [-0.2, 0) is 0 Å². The number of aliphatic hydroxyl groups excluding tert-OH is 1.